The van der Waals surface area contributed by atoms with Crippen LogP contribution in [-0.4, -0.2) is 31.0 Å². The van der Waals surface area contributed by atoms with Crippen molar-refractivity contribution in [2.75, 3.05) is 0 Å². The number of fused-ring (bicyclic) bond motifs is 8. The van der Waals surface area contributed by atoms with Crippen molar-refractivity contribution >= 4 is 52.3 Å². The number of carboxylic acid groups (broad SMARTS) is 1. The monoisotopic (exact) mass is 493 g/mol. The second-order valence-electron chi connectivity index (χ2n) is 7.91. The summed E-state index contributed by atoms with van der Waals surface area (Å²) < 4.78 is 0. The van der Waals surface area contributed by atoms with Gasteiger partial charge in [0.15, 0.2) is 0 Å². The zero-order valence-electron chi connectivity index (χ0n) is 17.7. The molecule has 0 fully saturated rings. The van der Waals surface area contributed by atoms with Gasteiger partial charge in [0.1, 0.15) is 0 Å². The van der Waals surface area contributed by atoms with Gasteiger partial charge in [-0.05, 0) is 66.3 Å². The molecule has 0 saturated heterocycles. The van der Waals surface area contributed by atoms with Gasteiger partial charge >= 0.3 is 5.97 Å². The van der Waals surface area contributed by atoms with Gasteiger partial charge in [0.25, 0.3) is 0 Å². The maximum Gasteiger partial charge on any atom is 0.338 e. The van der Waals surface area contributed by atoms with Gasteiger partial charge in [0.2, 0.25) is 0 Å². The first kappa shape index (κ1) is 21.6. The maximum atomic E-state index is 12.4. The molecule has 0 amide bonds. The molecular formula is C27H18CuN4O2. The average Bonchev–Trinajstić information content (AvgIpc) is 3.58. The molecule has 8 bridgehead atoms. The van der Waals surface area contributed by atoms with Crippen molar-refractivity contribution in [3.63, 3.8) is 0 Å². The fraction of sp³-hybridized carbons (Fsp3) is 0. The van der Waals surface area contributed by atoms with E-state index in [2.05, 4.69) is 15.0 Å². The van der Waals surface area contributed by atoms with E-state index in [1.165, 1.54) is 0 Å². The number of aromatic amines is 2. The minimum Gasteiger partial charge on any atom is -0.478 e. The van der Waals surface area contributed by atoms with Crippen LogP contribution in [0.4, 0.5) is 0 Å². The van der Waals surface area contributed by atoms with Crippen LogP contribution in [0.1, 0.15) is 33.1 Å². The van der Waals surface area contributed by atoms with E-state index in [9.17, 15) is 9.90 Å². The van der Waals surface area contributed by atoms with Crippen LogP contribution in [0.25, 0.3) is 57.5 Å². The molecule has 0 spiro atoms. The topological polar surface area (TPSA) is 94.7 Å². The van der Waals surface area contributed by atoms with Gasteiger partial charge < -0.3 is 15.1 Å². The molecule has 5 heterocycles. The fourth-order valence-corrected chi connectivity index (χ4v) is 4.21. The van der Waals surface area contributed by atoms with Gasteiger partial charge in [-0.25, -0.2) is 14.8 Å². The Morgan fingerprint density at radius 2 is 1.21 bits per heavy atom. The molecule has 0 saturated carbocycles. The molecule has 6 rings (SSSR count). The molecule has 34 heavy (non-hydrogen) atoms. The molecule has 2 aliphatic rings. The van der Waals surface area contributed by atoms with Crippen LogP contribution < -0.4 is 0 Å². The average molecular weight is 494 g/mol. The van der Waals surface area contributed by atoms with Crippen LogP contribution >= 0.6 is 0 Å². The fourth-order valence-electron chi connectivity index (χ4n) is 4.21. The largest absolute Gasteiger partial charge is 0.478 e. The first-order valence-corrected chi connectivity index (χ1v) is 10.5. The smallest absolute Gasteiger partial charge is 0.338 e. The number of nitrogens with zero attached hydrogens (tertiary/aromatic N) is 2. The molecule has 2 aliphatic heterocycles. The van der Waals surface area contributed by atoms with Crippen molar-refractivity contribution in [1.82, 2.24) is 19.9 Å². The Morgan fingerprint density at radius 3 is 1.76 bits per heavy atom. The number of H-pyrrole nitrogens is 2. The molecule has 169 valence electrons. The first-order chi connectivity index (χ1) is 16.1. The van der Waals surface area contributed by atoms with Crippen molar-refractivity contribution in [3.8, 4) is 11.1 Å². The zero-order valence-corrected chi connectivity index (χ0v) is 18.7. The molecule has 0 aliphatic carbocycles. The number of hydrogen-bond acceptors (Lipinski definition) is 3. The van der Waals surface area contributed by atoms with E-state index in [4.69, 9.17) is 4.98 Å². The Bertz CT molecular complexity index is 1650. The number of carboxylic acids is 1. The van der Waals surface area contributed by atoms with Crippen LogP contribution in [0.3, 0.4) is 0 Å². The summed E-state index contributed by atoms with van der Waals surface area (Å²) in [5, 5.41) is 10.2. The second-order valence-corrected chi connectivity index (χ2v) is 7.91. The van der Waals surface area contributed by atoms with Crippen molar-refractivity contribution in [1.29, 1.82) is 0 Å². The number of aromatic carboxylic acids is 1. The number of hydrogen-bond donors (Lipinski definition) is 3. The van der Waals surface area contributed by atoms with Crippen LogP contribution in [0.15, 0.2) is 66.7 Å². The van der Waals surface area contributed by atoms with Crippen molar-refractivity contribution in [2.45, 2.75) is 0 Å². The van der Waals surface area contributed by atoms with Crippen LogP contribution in [0, 0.1) is 0 Å². The van der Waals surface area contributed by atoms with Gasteiger partial charge in [0.05, 0.1) is 33.9 Å². The molecular weight excluding hydrogens is 476 g/mol. The SMILES string of the molecule is O=C(O)c1c(-c2ccccc2)c2cc3nc(cc4ccc(cc5nc(cc1[nH]2)C=C5)[nH]4)C=C3.[Cu]. The molecule has 1 aromatic carbocycles. The van der Waals surface area contributed by atoms with Crippen molar-refractivity contribution in [3.05, 3.63) is 95.1 Å². The minimum absolute atomic E-state index is 0. The van der Waals surface area contributed by atoms with Crippen molar-refractivity contribution in [2.24, 2.45) is 0 Å². The summed E-state index contributed by atoms with van der Waals surface area (Å²) in [7, 11) is 0. The van der Waals surface area contributed by atoms with E-state index < -0.39 is 5.97 Å². The molecule has 0 atom stereocenters. The second kappa shape index (κ2) is 8.63. The van der Waals surface area contributed by atoms with E-state index >= 15 is 0 Å². The number of aromatic nitrogens is 4. The summed E-state index contributed by atoms with van der Waals surface area (Å²) in [5.74, 6) is -1.00. The molecule has 0 unspecified atom stereocenters. The number of rotatable bonds is 2. The summed E-state index contributed by atoms with van der Waals surface area (Å²) in [6.07, 6.45) is 7.65. The zero-order chi connectivity index (χ0) is 22.4. The van der Waals surface area contributed by atoms with E-state index in [-0.39, 0.29) is 22.6 Å². The summed E-state index contributed by atoms with van der Waals surface area (Å²) >= 11 is 0. The van der Waals surface area contributed by atoms with Gasteiger partial charge in [-0.15, -0.1) is 0 Å². The normalized spacial score (nSPS) is 11.9. The van der Waals surface area contributed by atoms with Crippen LogP contribution in [-0.2, 0) is 17.1 Å². The van der Waals surface area contributed by atoms with Crippen LogP contribution in [0.2, 0.25) is 0 Å². The predicted molar refractivity (Wildman–Crippen MR) is 131 cm³/mol. The Morgan fingerprint density at radius 1 is 0.676 bits per heavy atom. The Labute approximate surface area is 205 Å². The van der Waals surface area contributed by atoms with E-state index in [1.807, 2.05) is 85.0 Å². The Balaban J connectivity index is 0.00000241. The predicted octanol–water partition coefficient (Wildman–Crippen LogP) is 6.02. The molecule has 6 nitrogen and oxygen atoms in total. The standard InChI is InChI=1S/C27H18N4O2.Cu/c32-27(33)26-24-15-22-11-9-20(30-22)13-18-7-6-17(28-18)12-19-8-10-21(29-19)14-23(31-24)25(26)16-4-2-1-3-5-16;/h1-15,28,31H,(H,32,33);. The minimum atomic E-state index is -1.00. The van der Waals surface area contributed by atoms with Gasteiger partial charge in [-0.1, -0.05) is 30.3 Å². The maximum absolute atomic E-state index is 12.4. The molecule has 3 N–H and O–H groups in total. The first-order valence-electron chi connectivity index (χ1n) is 10.5. The Kier molecular flexibility index (Phi) is 5.49. The third-order valence-electron chi connectivity index (χ3n) is 5.62. The molecule has 3 aromatic heterocycles. The summed E-state index contributed by atoms with van der Waals surface area (Å²) in [4.78, 5) is 28.4. The van der Waals surface area contributed by atoms with Gasteiger partial charge in [-0.2, -0.15) is 0 Å². The number of carbonyl (C=O) groups is 1. The summed E-state index contributed by atoms with van der Waals surface area (Å²) in [6, 6.07) is 21.1. The van der Waals surface area contributed by atoms with E-state index in [1.54, 1.807) is 6.07 Å². The molecule has 4 aromatic rings. The third kappa shape index (κ3) is 3.99. The summed E-state index contributed by atoms with van der Waals surface area (Å²) in [6.45, 7) is 0. The Hall–Kier alpha value is -4.19. The third-order valence-corrected chi connectivity index (χ3v) is 5.62. The van der Waals surface area contributed by atoms with Crippen molar-refractivity contribution < 1.29 is 27.0 Å². The van der Waals surface area contributed by atoms with Gasteiger partial charge in [-0.3, -0.25) is 0 Å². The quantitative estimate of drug-likeness (QED) is 0.257. The summed E-state index contributed by atoms with van der Waals surface area (Å²) in [5.41, 5.74) is 7.70. The van der Waals surface area contributed by atoms with E-state index in [0.29, 0.717) is 22.3 Å². The molecule has 7 heteroatoms. The molecule has 1 radical (unpaired) electrons. The van der Waals surface area contributed by atoms with Gasteiger partial charge in [0, 0.05) is 39.2 Å². The number of nitrogens with one attached hydrogen (secondary N) is 2. The van der Waals surface area contributed by atoms with E-state index in [0.717, 1.165) is 33.7 Å². The number of benzene rings is 1. The van der Waals surface area contributed by atoms with Crippen LogP contribution in [0.5, 0.6) is 0 Å².